The molecule has 0 atom stereocenters. The third kappa shape index (κ3) is 3.25. The number of aromatic nitrogens is 2. The minimum absolute atomic E-state index is 0.0276. The summed E-state index contributed by atoms with van der Waals surface area (Å²) in [4.78, 5) is 21.2. The highest BCUT2D eigenvalue weighted by molar-refractivity contribution is 5.70. The van der Waals surface area contributed by atoms with Crippen LogP contribution in [-0.2, 0) is 17.8 Å². The molecule has 0 fully saturated rings. The Kier molecular flexibility index (Phi) is 4.02. The van der Waals surface area contributed by atoms with E-state index in [1.165, 1.54) is 12.1 Å². The van der Waals surface area contributed by atoms with Gasteiger partial charge in [-0.15, -0.1) is 0 Å². The molecule has 0 bridgehead atoms. The van der Waals surface area contributed by atoms with Crippen molar-refractivity contribution < 1.29 is 14.8 Å². The van der Waals surface area contributed by atoms with E-state index >= 15 is 0 Å². The smallest absolute Gasteiger partial charge is 0.307 e. The van der Waals surface area contributed by atoms with E-state index in [1.807, 2.05) is 0 Å². The molecule has 21 heavy (non-hydrogen) atoms. The summed E-state index contributed by atoms with van der Waals surface area (Å²) in [5.74, 6) is -0.906. The molecule has 110 valence electrons. The molecule has 0 spiro atoms. The highest BCUT2D eigenvalue weighted by atomic mass is 16.6. The van der Waals surface area contributed by atoms with Crippen molar-refractivity contribution in [2.75, 3.05) is 0 Å². The van der Waals surface area contributed by atoms with Crippen LogP contribution in [0.3, 0.4) is 0 Å². The van der Waals surface area contributed by atoms with E-state index in [4.69, 9.17) is 5.11 Å². The minimum atomic E-state index is -0.906. The number of nitro benzene ring substituents is 1. The Bertz CT molecular complexity index is 706. The molecule has 1 N–H and O–H groups in total. The van der Waals surface area contributed by atoms with Crippen LogP contribution in [0.25, 0.3) is 0 Å². The Hall–Kier alpha value is -2.70. The minimum Gasteiger partial charge on any atom is -0.481 e. The third-order valence-corrected chi connectivity index (χ3v) is 3.31. The number of rotatable bonds is 5. The number of nitro groups is 1. The molecule has 1 aromatic heterocycles. The molecule has 0 aliphatic rings. The molecule has 0 saturated heterocycles. The van der Waals surface area contributed by atoms with Gasteiger partial charge < -0.3 is 5.11 Å². The fourth-order valence-corrected chi connectivity index (χ4v) is 2.24. The predicted molar refractivity (Wildman–Crippen MR) is 75.2 cm³/mol. The predicted octanol–water partition coefficient (Wildman–Crippen LogP) is 2.08. The Morgan fingerprint density at radius 2 is 2.14 bits per heavy atom. The van der Waals surface area contributed by atoms with Crippen molar-refractivity contribution in [3.05, 3.63) is 56.9 Å². The number of aryl methyl sites for hydroxylation is 1. The first-order valence-electron chi connectivity index (χ1n) is 6.36. The van der Waals surface area contributed by atoms with Crippen LogP contribution in [0.5, 0.6) is 0 Å². The van der Waals surface area contributed by atoms with E-state index in [2.05, 4.69) is 5.10 Å². The van der Waals surface area contributed by atoms with Gasteiger partial charge in [-0.3, -0.25) is 19.6 Å². The molecule has 1 heterocycles. The van der Waals surface area contributed by atoms with E-state index in [0.29, 0.717) is 17.8 Å². The van der Waals surface area contributed by atoms with Crippen molar-refractivity contribution >= 4 is 11.7 Å². The van der Waals surface area contributed by atoms with Crippen LogP contribution in [0.15, 0.2) is 24.3 Å². The van der Waals surface area contributed by atoms with E-state index in [1.54, 1.807) is 30.7 Å². The normalized spacial score (nSPS) is 10.6. The molecular formula is C14H15N3O4. The quantitative estimate of drug-likeness (QED) is 0.671. The molecule has 2 aromatic rings. The summed E-state index contributed by atoms with van der Waals surface area (Å²) in [6.45, 7) is 3.93. The molecular weight excluding hydrogens is 274 g/mol. The number of benzene rings is 1. The van der Waals surface area contributed by atoms with E-state index in [9.17, 15) is 14.9 Å². The zero-order valence-corrected chi connectivity index (χ0v) is 11.7. The zero-order chi connectivity index (χ0) is 15.6. The summed E-state index contributed by atoms with van der Waals surface area (Å²) < 4.78 is 1.67. The molecule has 0 unspecified atom stereocenters. The fourth-order valence-electron chi connectivity index (χ4n) is 2.24. The first-order chi connectivity index (χ1) is 9.88. The largest absolute Gasteiger partial charge is 0.481 e. The maximum absolute atomic E-state index is 10.8. The Morgan fingerprint density at radius 3 is 2.76 bits per heavy atom. The maximum atomic E-state index is 10.8. The van der Waals surface area contributed by atoms with Gasteiger partial charge in [-0.1, -0.05) is 12.1 Å². The lowest BCUT2D eigenvalue weighted by atomic mass is 10.1. The van der Waals surface area contributed by atoms with Crippen molar-refractivity contribution in [2.45, 2.75) is 26.8 Å². The Morgan fingerprint density at radius 1 is 1.43 bits per heavy atom. The fraction of sp³-hybridized carbons (Fsp3) is 0.286. The maximum Gasteiger partial charge on any atom is 0.307 e. The first kappa shape index (κ1) is 14.7. The van der Waals surface area contributed by atoms with Crippen LogP contribution < -0.4 is 0 Å². The number of non-ortho nitro benzene ring substituents is 1. The Labute approximate surface area is 121 Å². The van der Waals surface area contributed by atoms with Crippen LogP contribution in [0.4, 0.5) is 5.69 Å². The highest BCUT2D eigenvalue weighted by Crippen LogP contribution is 2.18. The molecule has 0 saturated carbocycles. The van der Waals surface area contributed by atoms with E-state index < -0.39 is 10.9 Å². The summed E-state index contributed by atoms with van der Waals surface area (Å²) in [6.07, 6.45) is -0.0768. The van der Waals surface area contributed by atoms with Crippen LogP contribution >= 0.6 is 0 Å². The number of nitrogens with zero attached hydrogens (tertiary/aromatic N) is 3. The lowest BCUT2D eigenvalue weighted by Crippen LogP contribution is -2.06. The highest BCUT2D eigenvalue weighted by Gasteiger charge is 2.15. The third-order valence-electron chi connectivity index (χ3n) is 3.31. The average molecular weight is 289 g/mol. The molecule has 0 amide bonds. The number of hydrogen-bond donors (Lipinski definition) is 1. The van der Waals surface area contributed by atoms with Crippen molar-refractivity contribution in [1.82, 2.24) is 9.78 Å². The number of carbonyl (C=O) groups is 1. The van der Waals surface area contributed by atoms with Gasteiger partial charge in [0.25, 0.3) is 5.69 Å². The van der Waals surface area contributed by atoms with E-state index in [-0.39, 0.29) is 12.1 Å². The van der Waals surface area contributed by atoms with Crippen LogP contribution in [0.2, 0.25) is 0 Å². The van der Waals surface area contributed by atoms with Crippen LogP contribution in [-0.4, -0.2) is 25.8 Å². The second-order valence-corrected chi connectivity index (χ2v) is 4.80. The summed E-state index contributed by atoms with van der Waals surface area (Å²) in [6, 6.07) is 6.32. The van der Waals surface area contributed by atoms with Gasteiger partial charge in [-0.2, -0.15) is 5.10 Å². The number of hydrogen-bond acceptors (Lipinski definition) is 4. The summed E-state index contributed by atoms with van der Waals surface area (Å²) >= 11 is 0. The summed E-state index contributed by atoms with van der Waals surface area (Å²) in [5.41, 5.74) is 2.89. The molecule has 0 aliphatic heterocycles. The van der Waals surface area contributed by atoms with Crippen molar-refractivity contribution in [3.63, 3.8) is 0 Å². The topological polar surface area (TPSA) is 98.3 Å². The molecule has 1 aromatic carbocycles. The molecule has 7 heteroatoms. The van der Waals surface area contributed by atoms with Gasteiger partial charge in [0.1, 0.15) is 0 Å². The van der Waals surface area contributed by atoms with Crippen LogP contribution in [0, 0.1) is 24.0 Å². The van der Waals surface area contributed by atoms with Gasteiger partial charge in [0, 0.05) is 23.4 Å². The van der Waals surface area contributed by atoms with Gasteiger partial charge >= 0.3 is 5.97 Å². The van der Waals surface area contributed by atoms with Crippen molar-refractivity contribution in [2.24, 2.45) is 0 Å². The van der Waals surface area contributed by atoms with Crippen LogP contribution in [0.1, 0.15) is 22.5 Å². The number of aliphatic carboxylic acids is 1. The lowest BCUT2D eigenvalue weighted by molar-refractivity contribution is -0.384. The Balaban J connectivity index is 2.30. The molecule has 7 nitrogen and oxygen atoms in total. The molecule has 0 aliphatic carbocycles. The zero-order valence-electron chi connectivity index (χ0n) is 11.7. The van der Waals surface area contributed by atoms with Gasteiger partial charge in [-0.25, -0.2) is 0 Å². The van der Waals surface area contributed by atoms with E-state index in [0.717, 1.165) is 11.3 Å². The second kappa shape index (κ2) is 5.74. The van der Waals surface area contributed by atoms with Gasteiger partial charge in [0.15, 0.2) is 0 Å². The summed E-state index contributed by atoms with van der Waals surface area (Å²) in [5, 5.41) is 24.0. The second-order valence-electron chi connectivity index (χ2n) is 4.80. The first-order valence-corrected chi connectivity index (χ1v) is 6.36. The van der Waals surface area contributed by atoms with Crippen molar-refractivity contribution in [3.8, 4) is 0 Å². The standard InChI is InChI=1S/C14H15N3O4/c1-9-13(7-14(18)19)10(2)16(15-9)8-11-4-3-5-12(6-11)17(20)21/h3-6H,7-8H2,1-2H3,(H,18,19). The van der Waals surface area contributed by atoms with Crippen molar-refractivity contribution in [1.29, 1.82) is 0 Å². The molecule has 2 rings (SSSR count). The molecule has 0 radical (unpaired) electrons. The number of carboxylic acid groups (broad SMARTS) is 1. The SMILES string of the molecule is Cc1nn(Cc2cccc([N+](=O)[O-])c2)c(C)c1CC(=O)O. The van der Waals surface area contributed by atoms with Gasteiger partial charge in [-0.05, 0) is 19.4 Å². The van der Waals surface area contributed by atoms with Gasteiger partial charge in [0.2, 0.25) is 0 Å². The lowest BCUT2D eigenvalue weighted by Gasteiger charge is -2.05. The average Bonchev–Trinajstić information content (AvgIpc) is 2.66. The van der Waals surface area contributed by atoms with Gasteiger partial charge in [0.05, 0.1) is 23.6 Å². The number of carboxylic acids is 1. The monoisotopic (exact) mass is 289 g/mol. The summed E-state index contributed by atoms with van der Waals surface area (Å²) in [7, 11) is 0.